The SMILES string of the molecule is COCC(=O)NCCCc1nc2ccccc2n1CCCOc1cc(C)ccc1C(C)C. The number of carbonyl (C=O) groups is 1. The number of rotatable bonds is 12. The van der Waals surface area contributed by atoms with E-state index in [4.69, 9.17) is 14.5 Å². The van der Waals surface area contributed by atoms with Gasteiger partial charge >= 0.3 is 0 Å². The van der Waals surface area contributed by atoms with E-state index in [0.29, 0.717) is 19.1 Å². The molecule has 3 rings (SSSR count). The Bertz CT molecular complexity index is 1030. The quantitative estimate of drug-likeness (QED) is 0.420. The van der Waals surface area contributed by atoms with Gasteiger partial charge in [-0.15, -0.1) is 0 Å². The van der Waals surface area contributed by atoms with Crippen molar-refractivity contribution in [2.24, 2.45) is 0 Å². The van der Waals surface area contributed by atoms with Gasteiger partial charge in [0.25, 0.3) is 0 Å². The maximum absolute atomic E-state index is 11.6. The molecule has 0 saturated carbocycles. The van der Waals surface area contributed by atoms with Crippen molar-refractivity contribution in [2.45, 2.75) is 52.5 Å². The van der Waals surface area contributed by atoms with Gasteiger partial charge in [0.2, 0.25) is 5.91 Å². The Morgan fingerprint density at radius 2 is 1.97 bits per heavy atom. The first-order valence-corrected chi connectivity index (χ1v) is 11.4. The van der Waals surface area contributed by atoms with Crippen molar-refractivity contribution in [1.29, 1.82) is 0 Å². The van der Waals surface area contributed by atoms with E-state index in [1.54, 1.807) is 0 Å². The summed E-state index contributed by atoms with van der Waals surface area (Å²) in [6, 6.07) is 14.7. The summed E-state index contributed by atoms with van der Waals surface area (Å²) >= 11 is 0. The molecule has 32 heavy (non-hydrogen) atoms. The number of aryl methyl sites for hydroxylation is 3. The van der Waals surface area contributed by atoms with Crippen LogP contribution >= 0.6 is 0 Å². The van der Waals surface area contributed by atoms with Crippen LogP contribution in [0.5, 0.6) is 5.75 Å². The van der Waals surface area contributed by atoms with E-state index in [0.717, 1.165) is 48.4 Å². The molecule has 1 aromatic heterocycles. The van der Waals surface area contributed by atoms with Crippen LogP contribution in [0, 0.1) is 6.92 Å². The highest BCUT2D eigenvalue weighted by Crippen LogP contribution is 2.27. The summed E-state index contributed by atoms with van der Waals surface area (Å²) in [4.78, 5) is 16.4. The normalized spacial score (nSPS) is 11.3. The minimum atomic E-state index is -0.0879. The minimum absolute atomic E-state index is 0.0879. The zero-order valence-corrected chi connectivity index (χ0v) is 19.7. The molecule has 1 amide bonds. The maximum atomic E-state index is 11.6. The number of imidazole rings is 1. The van der Waals surface area contributed by atoms with Gasteiger partial charge in [-0.3, -0.25) is 4.79 Å². The van der Waals surface area contributed by atoms with Crippen LogP contribution in [0.1, 0.15) is 49.6 Å². The van der Waals surface area contributed by atoms with Gasteiger partial charge in [-0.25, -0.2) is 4.98 Å². The first-order valence-electron chi connectivity index (χ1n) is 11.4. The zero-order valence-electron chi connectivity index (χ0n) is 19.7. The Labute approximate surface area is 190 Å². The molecule has 0 bridgehead atoms. The smallest absolute Gasteiger partial charge is 0.245 e. The highest BCUT2D eigenvalue weighted by atomic mass is 16.5. The fourth-order valence-electron chi connectivity index (χ4n) is 3.87. The van der Waals surface area contributed by atoms with Gasteiger partial charge in [0.05, 0.1) is 17.6 Å². The Balaban J connectivity index is 1.61. The van der Waals surface area contributed by atoms with Gasteiger partial charge < -0.3 is 19.4 Å². The number of carbonyl (C=O) groups excluding carboxylic acids is 1. The summed E-state index contributed by atoms with van der Waals surface area (Å²) in [7, 11) is 1.52. The number of para-hydroxylation sites is 2. The maximum Gasteiger partial charge on any atom is 0.245 e. The van der Waals surface area contributed by atoms with E-state index < -0.39 is 0 Å². The molecule has 0 fully saturated rings. The van der Waals surface area contributed by atoms with Crippen LogP contribution in [-0.4, -0.2) is 42.3 Å². The number of nitrogens with zero attached hydrogens (tertiary/aromatic N) is 2. The number of hydrogen-bond acceptors (Lipinski definition) is 4. The molecule has 0 atom stereocenters. The first-order chi connectivity index (χ1) is 15.5. The predicted octanol–water partition coefficient (Wildman–Crippen LogP) is 4.63. The molecule has 0 aliphatic rings. The Kier molecular flexibility index (Phi) is 8.68. The molecular weight excluding hydrogens is 402 g/mol. The summed E-state index contributed by atoms with van der Waals surface area (Å²) < 4.78 is 13.3. The Hall–Kier alpha value is -2.86. The topological polar surface area (TPSA) is 65.4 Å². The highest BCUT2D eigenvalue weighted by Gasteiger charge is 2.12. The third kappa shape index (κ3) is 6.33. The van der Waals surface area contributed by atoms with Crippen LogP contribution in [0.2, 0.25) is 0 Å². The van der Waals surface area contributed by atoms with Gasteiger partial charge in [-0.1, -0.05) is 38.1 Å². The van der Waals surface area contributed by atoms with Gasteiger partial charge in [0.1, 0.15) is 18.2 Å². The molecule has 3 aromatic rings. The summed E-state index contributed by atoms with van der Waals surface area (Å²) in [5.41, 5.74) is 4.61. The predicted molar refractivity (Wildman–Crippen MR) is 128 cm³/mol. The number of methoxy groups -OCH3 is 1. The highest BCUT2D eigenvalue weighted by molar-refractivity contribution is 5.77. The molecule has 0 spiro atoms. The van der Waals surface area contributed by atoms with Crippen LogP contribution in [0.3, 0.4) is 0 Å². The molecule has 1 heterocycles. The fraction of sp³-hybridized carbons (Fsp3) is 0.462. The number of hydrogen-bond donors (Lipinski definition) is 1. The zero-order chi connectivity index (χ0) is 22.9. The second-order valence-corrected chi connectivity index (χ2v) is 8.45. The van der Waals surface area contributed by atoms with Crippen molar-refractivity contribution in [1.82, 2.24) is 14.9 Å². The average molecular weight is 438 g/mol. The van der Waals surface area contributed by atoms with Gasteiger partial charge in [0.15, 0.2) is 0 Å². The number of benzene rings is 2. The largest absolute Gasteiger partial charge is 0.493 e. The van der Waals surface area contributed by atoms with Crippen molar-refractivity contribution in [3.8, 4) is 5.75 Å². The number of aromatic nitrogens is 2. The van der Waals surface area contributed by atoms with Gasteiger partial charge in [-0.05, 0) is 55.0 Å². The van der Waals surface area contributed by atoms with E-state index in [2.05, 4.69) is 54.9 Å². The molecule has 1 N–H and O–H groups in total. The Morgan fingerprint density at radius 1 is 1.16 bits per heavy atom. The van der Waals surface area contributed by atoms with E-state index in [1.807, 2.05) is 18.2 Å². The van der Waals surface area contributed by atoms with E-state index in [1.165, 1.54) is 18.2 Å². The number of nitrogens with one attached hydrogen (secondary N) is 1. The Morgan fingerprint density at radius 3 is 2.75 bits per heavy atom. The molecule has 0 radical (unpaired) electrons. The van der Waals surface area contributed by atoms with Crippen molar-refractivity contribution >= 4 is 16.9 Å². The van der Waals surface area contributed by atoms with E-state index in [-0.39, 0.29) is 12.5 Å². The molecule has 0 aliphatic heterocycles. The second kappa shape index (κ2) is 11.7. The first kappa shape index (κ1) is 23.8. The van der Waals surface area contributed by atoms with E-state index >= 15 is 0 Å². The van der Waals surface area contributed by atoms with Crippen LogP contribution in [0.15, 0.2) is 42.5 Å². The second-order valence-electron chi connectivity index (χ2n) is 8.45. The number of fused-ring (bicyclic) bond motifs is 1. The minimum Gasteiger partial charge on any atom is -0.493 e. The van der Waals surface area contributed by atoms with Crippen molar-refractivity contribution in [3.05, 3.63) is 59.4 Å². The lowest BCUT2D eigenvalue weighted by Gasteiger charge is -2.15. The van der Waals surface area contributed by atoms with Crippen LogP contribution < -0.4 is 10.1 Å². The summed E-state index contributed by atoms with van der Waals surface area (Å²) in [5.74, 6) is 2.38. The van der Waals surface area contributed by atoms with E-state index in [9.17, 15) is 4.79 Å². The molecule has 2 aromatic carbocycles. The lowest BCUT2D eigenvalue weighted by molar-refractivity contribution is -0.124. The van der Waals surface area contributed by atoms with Gasteiger partial charge in [-0.2, -0.15) is 0 Å². The average Bonchev–Trinajstić information content (AvgIpc) is 3.12. The standard InChI is InChI=1S/C26H35N3O3/c1-19(2)21-13-12-20(3)17-24(21)32-16-8-15-29-23-10-6-5-9-22(23)28-25(29)11-7-14-27-26(30)18-31-4/h5-6,9-10,12-13,17,19H,7-8,11,14-16,18H2,1-4H3,(H,27,30). The van der Waals surface area contributed by atoms with Crippen LogP contribution in [-0.2, 0) is 22.5 Å². The van der Waals surface area contributed by atoms with Crippen molar-refractivity contribution in [2.75, 3.05) is 26.9 Å². The third-order valence-corrected chi connectivity index (χ3v) is 5.48. The van der Waals surface area contributed by atoms with Crippen LogP contribution in [0.25, 0.3) is 11.0 Å². The molecular formula is C26H35N3O3. The molecule has 6 nitrogen and oxygen atoms in total. The van der Waals surface area contributed by atoms with Crippen molar-refractivity contribution in [3.63, 3.8) is 0 Å². The third-order valence-electron chi connectivity index (χ3n) is 5.48. The summed E-state index contributed by atoms with van der Waals surface area (Å²) in [6.45, 7) is 8.69. The molecule has 172 valence electrons. The number of amides is 1. The lowest BCUT2D eigenvalue weighted by atomic mass is 10.0. The molecule has 0 unspecified atom stereocenters. The summed E-state index contributed by atoms with van der Waals surface area (Å²) in [6.07, 6.45) is 2.53. The lowest BCUT2D eigenvalue weighted by Crippen LogP contribution is -2.28. The monoisotopic (exact) mass is 437 g/mol. The van der Waals surface area contributed by atoms with Crippen LogP contribution in [0.4, 0.5) is 0 Å². The molecule has 0 saturated heterocycles. The molecule has 0 aliphatic carbocycles. The number of ether oxygens (including phenoxy) is 2. The van der Waals surface area contributed by atoms with Gasteiger partial charge in [0, 0.05) is 26.6 Å². The fourth-order valence-corrected chi connectivity index (χ4v) is 3.87. The summed E-state index contributed by atoms with van der Waals surface area (Å²) in [5, 5.41) is 2.88. The van der Waals surface area contributed by atoms with Crippen molar-refractivity contribution < 1.29 is 14.3 Å². The molecule has 6 heteroatoms.